The monoisotopic (exact) mass is 218 g/mol. The third-order valence-electron chi connectivity index (χ3n) is 2.21. The van der Waals surface area contributed by atoms with Gasteiger partial charge in [-0.15, -0.1) is 0 Å². The first kappa shape index (κ1) is 12.5. The third kappa shape index (κ3) is 3.92. The van der Waals surface area contributed by atoms with Crippen LogP contribution in [0.2, 0.25) is 0 Å². The molecule has 0 amide bonds. The van der Waals surface area contributed by atoms with Crippen molar-refractivity contribution in [2.24, 2.45) is 0 Å². The van der Waals surface area contributed by atoms with Gasteiger partial charge in [0, 0.05) is 18.2 Å². The summed E-state index contributed by atoms with van der Waals surface area (Å²) < 4.78 is 5.37. The summed E-state index contributed by atoms with van der Waals surface area (Å²) in [5.74, 6) is 0.792. The topological polar surface area (TPSA) is 45.0 Å². The van der Waals surface area contributed by atoms with Gasteiger partial charge in [-0.3, -0.25) is 0 Å². The first-order valence-corrected chi connectivity index (χ1v) is 5.46. The standard InChI is InChI=1S/C13H18N2O/c1-10(2)15-9-12-8-11(3)4-5-13(12)16-7-6-14/h4-5,8,10,15H,7,9H2,1-3H3. The summed E-state index contributed by atoms with van der Waals surface area (Å²) in [6, 6.07) is 8.41. The first-order valence-electron chi connectivity index (χ1n) is 5.46. The molecule has 0 fully saturated rings. The number of nitrogens with one attached hydrogen (secondary N) is 1. The molecule has 0 saturated carbocycles. The van der Waals surface area contributed by atoms with Crippen LogP contribution in [0.1, 0.15) is 25.0 Å². The highest BCUT2D eigenvalue weighted by Gasteiger charge is 2.04. The Bertz CT molecular complexity index is 380. The van der Waals surface area contributed by atoms with Gasteiger partial charge in [0.25, 0.3) is 0 Å². The van der Waals surface area contributed by atoms with Crippen molar-refractivity contribution >= 4 is 0 Å². The van der Waals surface area contributed by atoms with Crippen molar-refractivity contribution in [3.05, 3.63) is 29.3 Å². The van der Waals surface area contributed by atoms with Gasteiger partial charge in [0.2, 0.25) is 0 Å². The molecule has 16 heavy (non-hydrogen) atoms. The van der Waals surface area contributed by atoms with Crippen molar-refractivity contribution in [2.75, 3.05) is 6.61 Å². The molecule has 0 saturated heterocycles. The van der Waals surface area contributed by atoms with Crippen LogP contribution in [0.25, 0.3) is 0 Å². The molecule has 1 aromatic rings. The van der Waals surface area contributed by atoms with Crippen molar-refractivity contribution < 1.29 is 4.74 Å². The molecule has 1 aromatic carbocycles. The molecule has 0 aliphatic rings. The van der Waals surface area contributed by atoms with E-state index in [1.165, 1.54) is 5.56 Å². The Morgan fingerprint density at radius 1 is 1.44 bits per heavy atom. The Balaban J connectivity index is 2.77. The molecule has 0 unspecified atom stereocenters. The molecule has 0 spiro atoms. The van der Waals surface area contributed by atoms with Gasteiger partial charge >= 0.3 is 0 Å². The van der Waals surface area contributed by atoms with E-state index in [9.17, 15) is 0 Å². The number of ether oxygens (including phenoxy) is 1. The molecule has 3 heteroatoms. The lowest BCUT2D eigenvalue weighted by Gasteiger charge is -2.13. The average molecular weight is 218 g/mol. The molecule has 0 heterocycles. The van der Waals surface area contributed by atoms with E-state index in [0.717, 1.165) is 17.9 Å². The summed E-state index contributed by atoms with van der Waals surface area (Å²) in [7, 11) is 0. The predicted octanol–water partition coefficient (Wildman–Crippen LogP) is 2.40. The molecule has 86 valence electrons. The lowest BCUT2D eigenvalue weighted by molar-refractivity contribution is 0.362. The maximum absolute atomic E-state index is 8.50. The van der Waals surface area contributed by atoms with Crippen molar-refractivity contribution in [1.29, 1.82) is 5.26 Å². The minimum absolute atomic E-state index is 0.0950. The van der Waals surface area contributed by atoms with Gasteiger partial charge in [0.15, 0.2) is 6.61 Å². The molecular weight excluding hydrogens is 200 g/mol. The Hall–Kier alpha value is -1.53. The molecular formula is C13H18N2O. The Labute approximate surface area is 97.0 Å². The molecule has 3 nitrogen and oxygen atoms in total. The predicted molar refractivity (Wildman–Crippen MR) is 64.3 cm³/mol. The quantitative estimate of drug-likeness (QED) is 0.825. The van der Waals surface area contributed by atoms with Gasteiger partial charge in [0.05, 0.1) is 0 Å². The number of hydrogen-bond acceptors (Lipinski definition) is 3. The van der Waals surface area contributed by atoms with E-state index >= 15 is 0 Å². The Morgan fingerprint density at radius 3 is 2.81 bits per heavy atom. The van der Waals surface area contributed by atoms with Crippen LogP contribution in [0.4, 0.5) is 0 Å². The molecule has 0 aliphatic carbocycles. The number of nitrogens with zero attached hydrogens (tertiary/aromatic N) is 1. The molecule has 0 aliphatic heterocycles. The van der Waals surface area contributed by atoms with Gasteiger partial charge in [-0.25, -0.2) is 0 Å². The molecule has 0 aromatic heterocycles. The lowest BCUT2D eigenvalue weighted by Crippen LogP contribution is -2.22. The molecule has 0 radical (unpaired) electrons. The van der Waals surface area contributed by atoms with Gasteiger partial charge in [-0.05, 0) is 13.0 Å². The van der Waals surface area contributed by atoms with Crippen LogP contribution in [-0.2, 0) is 6.54 Å². The van der Waals surface area contributed by atoms with Crippen LogP contribution in [0.5, 0.6) is 5.75 Å². The first-order chi connectivity index (χ1) is 7.63. The summed E-state index contributed by atoms with van der Waals surface area (Å²) in [6.07, 6.45) is 0. The SMILES string of the molecule is Cc1ccc(OCC#N)c(CNC(C)C)c1. The van der Waals surface area contributed by atoms with Gasteiger partial charge < -0.3 is 10.1 Å². The van der Waals surface area contributed by atoms with E-state index in [1.54, 1.807) is 0 Å². The number of benzene rings is 1. The fourth-order valence-corrected chi connectivity index (χ4v) is 1.41. The molecule has 1 rings (SSSR count). The fraction of sp³-hybridized carbons (Fsp3) is 0.462. The van der Waals surface area contributed by atoms with Crippen LogP contribution in [-0.4, -0.2) is 12.6 Å². The van der Waals surface area contributed by atoms with Crippen molar-refractivity contribution in [3.63, 3.8) is 0 Å². The van der Waals surface area contributed by atoms with Gasteiger partial charge in [-0.1, -0.05) is 31.5 Å². The zero-order valence-electron chi connectivity index (χ0n) is 10.1. The second-order valence-electron chi connectivity index (χ2n) is 4.09. The Kier molecular flexibility index (Phi) is 4.81. The molecule has 0 atom stereocenters. The molecule has 0 bridgehead atoms. The zero-order chi connectivity index (χ0) is 12.0. The van der Waals surface area contributed by atoms with E-state index in [2.05, 4.69) is 25.2 Å². The average Bonchev–Trinajstić information content (AvgIpc) is 2.25. The highest BCUT2D eigenvalue weighted by molar-refractivity contribution is 5.37. The van der Waals surface area contributed by atoms with E-state index in [1.807, 2.05) is 25.1 Å². The smallest absolute Gasteiger partial charge is 0.174 e. The zero-order valence-corrected chi connectivity index (χ0v) is 10.1. The summed E-state index contributed by atoms with van der Waals surface area (Å²) in [5.41, 5.74) is 2.30. The highest BCUT2D eigenvalue weighted by atomic mass is 16.5. The van der Waals surface area contributed by atoms with E-state index < -0.39 is 0 Å². The number of aryl methyl sites for hydroxylation is 1. The van der Waals surface area contributed by atoms with Gasteiger partial charge in [0.1, 0.15) is 11.8 Å². The molecule has 1 N–H and O–H groups in total. The minimum atomic E-state index is 0.0950. The maximum atomic E-state index is 8.50. The minimum Gasteiger partial charge on any atom is -0.478 e. The fourth-order valence-electron chi connectivity index (χ4n) is 1.41. The van der Waals surface area contributed by atoms with Crippen molar-refractivity contribution in [3.8, 4) is 11.8 Å². The summed E-state index contributed by atoms with van der Waals surface area (Å²) in [6.45, 7) is 7.11. The maximum Gasteiger partial charge on any atom is 0.174 e. The van der Waals surface area contributed by atoms with E-state index in [4.69, 9.17) is 10.00 Å². The summed E-state index contributed by atoms with van der Waals surface area (Å²) in [4.78, 5) is 0. The third-order valence-corrected chi connectivity index (χ3v) is 2.21. The number of nitriles is 1. The van der Waals surface area contributed by atoms with Gasteiger partial charge in [-0.2, -0.15) is 5.26 Å². The largest absolute Gasteiger partial charge is 0.478 e. The summed E-state index contributed by atoms with van der Waals surface area (Å²) in [5, 5.41) is 11.8. The Morgan fingerprint density at radius 2 is 2.19 bits per heavy atom. The van der Waals surface area contributed by atoms with Crippen LogP contribution < -0.4 is 10.1 Å². The second-order valence-corrected chi connectivity index (χ2v) is 4.09. The normalized spacial score (nSPS) is 10.2. The van der Waals surface area contributed by atoms with Crippen LogP contribution in [0.15, 0.2) is 18.2 Å². The van der Waals surface area contributed by atoms with E-state index in [-0.39, 0.29) is 6.61 Å². The highest BCUT2D eigenvalue weighted by Crippen LogP contribution is 2.19. The van der Waals surface area contributed by atoms with Crippen LogP contribution in [0, 0.1) is 18.3 Å². The van der Waals surface area contributed by atoms with E-state index in [0.29, 0.717) is 6.04 Å². The lowest BCUT2D eigenvalue weighted by atomic mass is 10.1. The van der Waals surface area contributed by atoms with Crippen LogP contribution >= 0.6 is 0 Å². The number of hydrogen-bond donors (Lipinski definition) is 1. The second kappa shape index (κ2) is 6.14. The van der Waals surface area contributed by atoms with Crippen molar-refractivity contribution in [1.82, 2.24) is 5.32 Å². The van der Waals surface area contributed by atoms with Crippen LogP contribution in [0.3, 0.4) is 0 Å². The number of rotatable bonds is 5. The summed E-state index contributed by atoms with van der Waals surface area (Å²) >= 11 is 0. The van der Waals surface area contributed by atoms with Crippen molar-refractivity contribution in [2.45, 2.75) is 33.4 Å².